The van der Waals surface area contributed by atoms with Crippen LogP contribution in [-0.2, 0) is 6.42 Å². The molecule has 0 atom stereocenters. The Bertz CT molecular complexity index is 281. The van der Waals surface area contributed by atoms with Crippen LogP contribution in [0.2, 0.25) is 0 Å². The molecule has 1 rings (SSSR count). The molecule has 0 unspecified atom stereocenters. The van der Waals surface area contributed by atoms with Crippen LogP contribution in [0.3, 0.4) is 0 Å². The number of aromatic nitrogens is 2. The van der Waals surface area contributed by atoms with Crippen molar-refractivity contribution >= 4 is 5.91 Å². The minimum atomic E-state index is -0.338. The van der Waals surface area contributed by atoms with E-state index in [1.165, 1.54) is 0 Å². The van der Waals surface area contributed by atoms with Crippen molar-refractivity contribution < 1.29 is 4.79 Å². The van der Waals surface area contributed by atoms with Gasteiger partial charge in [0.15, 0.2) is 0 Å². The molecule has 0 fully saturated rings. The maximum Gasteiger partial charge on any atom is 0.283 e. The molecule has 0 saturated heterocycles. The molecular formula is C8H14N4O. The number of hydrogen-bond acceptors (Lipinski definition) is 3. The summed E-state index contributed by atoms with van der Waals surface area (Å²) in [4.78, 5) is 11.0. The Morgan fingerprint density at radius 2 is 2.54 bits per heavy atom. The van der Waals surface area contributed by atoms with Crippen LogP contribution < -0.4 is 11.3 Å². The lowest BCUT2D eigenvalue weighted by molar-refractivity contribution is 0.0948. The van der Waals surface area contributed by atoms with Gasteiger partial charge in [-0.15, -0.1) is 0 Å². The zero-order chi connectivity index (χ0) is 9.68. The van der Waals surface area contributed by atoms with E-state index < -0.39 is 0 Å². The summed E-state index contributed by atoms with van der Waals surface area (Å²) in [5, 5.41) is 6.60. The van der Waals surface area contributed by atoms with Gasteiger partial charge in [-0.2, -0.15) is 5.10 Å². The molecular weight excluding hydrogens is 168 g/mol. The third kappa shape index (κ3) is 2.55. The van der Waals surface area contributed by atoms with Crippen molar-refractivity contribution in [3.63, 3.8) is 0 Å². The number of nitrogens with two attached hydrogens (primary N) is 1. The van der Waals surface area contributed by atoms with Gasteiger partial charge >= 0.3 is 0 Å². The minimum Gasteiger partial charge on any atom is -0.289 e. The molecule has 5 heteroatoms. The monoisotopic (exact) mass is 182 g/mol. The summed E-state index contributed by atoms with van der Waals surface area (Å²) in [7, 11) is 0. The first kappa shape index (κ1) is 9.73. The predicted octanol–water partition coefficient (Wildman–Crippen LogP) is 0.356. The molecule has 1 aromatic rings. The lowest BCUT2D eigenvalue weighted by Gasteiger charge is -1.91. The molecule has 0 bridgehead atoms. The number of carbonyl (C=O) groups is 1. The van der Waals surface area contributed by atoms with Crippen molar-refractivity contribution in [1.29, 1.82) is 0 Å². The first-order chi connectivity index (χ1) is 6.27. The summed E-state index contributed by atoms with van der Waals surface area (Å²) < 4.78 is 0. The van der Waals surface area contributed by atoms with Gasteiger partial charge in [0.05, 0.1) is 5.69 Å². The van der Waals surface area contributed by atoms with Gasteiger partial charge in [-0.3, -0.25) is 15.3 Å². The van der Waals surface area contributed by atoms with Crippen LogP contribution in [0.1, 0.15) is 35.9 Å². The molecule has 1 amide bonds. The fraction of sp³-hybridized carbons (Fsp3) is 0.500. The average Bonchev–Trinajstić information content (AvgIpc) is 2.62. The van der Waals surface area contributed by atoms with Gasteiger partial charge in [0.1, 0.15) is 5.69 Å². The number of hydrazine groups is 1. The van der Waals surface area contributed by atoms with Crippen LogP contribution >= 0.6 is 0 Å². The summed E-state index contributed by atoms with van der Waals surface area (Å²) in [6, 6.07) is 1.72. The van der Waals surface area contributed by atoms with Crippen LogP contribution in [0.25, 0.3) is 0 Å². The number of nitrogens with one attached hydrogen (secondary N) is 2. The van der Waals surface area contributed by atoms with Gasteiger partial charge in [0.2, 0.25) is 0 Å². The quantitative estimate of drug-likeness (QED) is 0.357. The normalized spacial score (nSPS) is 10.0. The molecule has 72 valence electrons. The largest absolute Gasteiger partial charge is 0.289 e. The molecule has 4 N–H and O–H groups in total. The lowest BCUT2D eigenvalue weighted by atomic mass is 10.2. The second-order valence-electron chi connectivity index (χ2n) is 2.85. The topological polar surface area (TPSA) is 83.8 Å². The second-order valence-corrected chi connectivity index (χ2v) is 2.85. The summed E-state index contributed by atoms with van der Waals surface area (Å²) in [6.45, 7) is 2.11. The number of nitrogens with zero attached hydrogens (tertiary/aromatic N) is 1. The minimum absolute atomic E-state index is 0.338. The molecule has 0 aliphatic heterocycles. The van der Waals surface area contributed by atoms with Gasteiger partial charge < -0.3 is 0 Å². The molecule has 0 aromatic carbocycles. The fourth-order valence-corrected chi connectivity index (χ4v) is 1.04. The molecule has 0 spiro atoms. The standard InChI is InChI=1S/C8H14N4O/c1-2-3-4-6-5-7(12-11-6)8(13)10-9/h5H,2-4,9H2,1H3,(H,10,13)(H,11,12). The van der Waals surface area contributed by atoms with Gasteiger partial charge in [-0.25, -0.2) is 5.84 Å². The van der Waals surface area contributed by atoms with E-state index in [1.807, 2.05) is 5.43 Å². The highest BCUT2D eigenvalue weighted by molar-refractivity contribution is 5.91. The van der Waals surface area contributed by atoms with Crippen molar-refractivity contribution in [1.82, 2.24) is 15.6 Å². The fourth-order valence-electron chi connectivity index (χ4n) is 1.04. The Balaban J connectivity index is 2.58. The Morgan fingerprint density at radius 3 is 3.15 bits per heavy atom. The highest BCUT2D eigenvalue weighted by Crippen LogP contribution is 2.03. The molecule has 5 nitrogen and oxygen atoms in total. The van der Waals surface area contributed by atoms with Crippen LogP contribution in [0.5, 0.6) is 0 Å². The molecule has 0 saturated carbocycles. The van der Waals surface area contributed by atoms with Gasteiger partial charge in [-0.05, 0) is 18.9 Å². The Morgan fingerprint density at radius 1 is 1.77 bits per heavy atom. The lowest BCUT2D eigenvalue weighted by Crippen LogP contribution is -2.30. The van der Waals surface area contributed by atoms with E-state index in [0.717, 1.165) is 25.0 Å². The first-order valence-electron chi connectivity index (χ1n) is 4.33. The van der Waals surface area contributed by atoms with E-state index in [-0.39, 0.29) is 5.91 Å². The maximum atomic E-state index is 11.0. The number of aromatic amines is 1. The van der Waals surface area contributed by atoms with Crippen LogP contribution in [0, 0.1) is 0 Å². The number of aryl methyl sites for hydroxylation is 1. The van der Waals surface area contributed by atoms with Crippen molar-refractivity contribution in [3.05, 3.63) is 17.5 Å². The number of unbranched alkanes of at least 4 members (excludes halogenated alkanes) is 1. The number of H-pyrrole nitrogens is 1. The van der Waals surface area contributed by atoms with E-state index >= 15 is 0 Å². The number of hydrogen-bond donors (Lipinski definition) is 3. The summed E-state index contributed by atoms with van der Waals surface area (Å²) in [5.74, 6) is 4.63. The number of nitrogen functional groups attached to an aromatic ring is 1. The van der Waals surface area contributed by atoms with E-state index in [2.05, 4.69) is 17.1 Å². The summed E-state index contributed by atoms with van der Waals surface area (Å²) in [6.07, 6.45) is 3.09. The zero-order valence-electron chi connectivity index (χ0n) is 7.63. The second kappa shape index (κ2) is 4.61. The Kier molecular flexibility index (Phi) is 3.45. The van der Waals surface area contributed by atoms with Gasteiger partial charge in [0, 0.05) is 0 Å². The van der Waals surface area contributed by atoms with E-state index in [0.29, 0.717) is 5.69 Å². The van der Waals surface area contributed by atoms with Crippen LogP contribution in [0.15, 0.2) is 6.07 Å². The summed E-state index contributed by atoms with van der Waals surface area (Å²) in [5.41, 5.74) is 3.35. The molecule has 1 aromatic heterocycles. The van der Waals surface area contributed by atoms with Crippen LogP contribution in [0.4, 0.5) is 0 Å². The molecule has 0 aliphatic rings. The zero-order valence-corrected chi connectivity index (χ0v) is 7.63. The third-order valence-corrected chi connectivity index (χ3v) is 1.79. The predicted molar refractivity (Wildman–Crippen MR) is 48.9 cm³/mol. The van der Waals surface area contributed by atoms with Gasteiger partial charge in [0.25, 0.3) is 5.91 Å². The van der Waals surface area contributed by atoms with Crippen molar-refractivity contribution in [2.75, 3.05) is 0 Å². The number of carbonyl (C=O) groups excluding carboxylic acids is 1. The Labute approximate surface area is 76.7 Å². The Hall–Kier alpha value is -1.36. The first-order valence-corrected chi connectivity index (χ1v) is 4.33. The number of amides is 1. The van der Waals surface area contributed by atoms with Crippen molar-refractivity contribution in [2.24, 2.45) is 5.84 Å². The third-order valence-electron chi connectivity index (χ3n) is 1.79. The highest BCUT2D eigenvalue weighted by atomic mass is 16.2. The smallest absolute Gasteiger partial charge is 0.283 e. The van der Waals surface area contributed by atoms with Crippen molar-refractivity contribution in [2.45, 2.75) is 26.2 Å². The maximum absolute atomic E-state index is 11.0. The highest BCUT2D eigenvalue weighted by Gasteiger charge is 2.06. The van der Waals surface area contributed by atoms with Gasteiger partial charge in [-0.1, -0.05) is 13.3 Å². The number of rotatable bonds is 4. The van der Waals surface area contributed by atoms with Crippen molar-refractivity contribution in [3.8, 4) is 0 Å². The molecule has 0 radical (unpaired) electrons. The molecule has 0 aliphatic carbocycles. The van der Waals surface area contributed by atoms with E-state index in [1.54, 1.807) is 6.07 Å². The van der Waals surface area contributed by atoms with E-state index in [9.17, 15) is 4.79 Å². The summed E-state index contributed by atoms with van der Waals surface area (Å²) >= 11 is 0. The molecule has 1 heterocycles. The van der Waals surface area contributed by atoms with Crippen LogP contribution in [-0.4, -0.2) is 16.1 Å². The SMILES string of the molecule is CCCCc1cc(C(=O)NN)[nH]n1. The molecule has 13 heavy (non-hydrogen) atoms. The van der Waals surface area contributed by atoms with E-state index in [4.69, 9.17) is 5.84 Å². The average molecular weight is 182 g/mol.